The Morgan fingerprint density at radius 2 is 1.64 bits per heavy atom. The molecule has 0 aliphatic carbocycles. The van der Waals surface area contributed by atoms with Gasteiger partial charge in [0.05, 0.1) is 5.56 Å². The molecule has 0 saturated carbocycles. The van der Waals surface area contributed by atoms with Crippen molar-refractivity contribution in [3.05, 3.63) is 35.4 Å². The van der Waals surface area contributed by atoms with E-state index in [0.717, 1.165) is 12.1 Å². The smallest absolute Gasteiger partial charge is 0.372 e. The second-order valence-electron chi connectivity index (χ2n) is 8.38. The summed E-state index contributed by atoms with van der Waals surface area (Å²) >= 11 is 0. The first-order valence-electron chi connectivity index (χ1n) is 11.0. The molecule has 0 bridgehead atoms. The van der Waals surface area contributed by atoms with Crippen molar-refractivity contribution in [2.75, 3.05) is 59.0 Å². The van der Waals surface area contributed by atoms with E-state index in [1.807, 2.05) is 0 Å². The average molecular weight is 477 g/mol. The molecule has 1 aromatic rings. The van der Waals surface area contributed by atoms with Crippen LogP contribution in [-0.4, -0.2) is 91.7 Å². The lowest BCUT2D eigenvalue weighted by Crippen LogP contribution is -2.52. The van der Waals surface area contributed by atoms with Crippen LogP contribution < -0.4 is 0 Å². The van der Waals surface area contributed by atoms with Crippen LogP contribution in [0.2, 0.25) is 0 Å². The average Bonchev–Trinajstić information content (AvgIpc) is 2.78. The Bertz CT molecular complexity index is 820. The lowest BCUT2D eigenvalue weighted by molar-refractivity contribution is -0.174. The van der Waals surface area contributed by atoms with Gasteiger partial charge in [-0.3, -0.25) is 14.5 Å². The highest BCUT2D eigenvalue weighted by atomic mass is 19.4. The zero-order valence-electron chi connectivity index (χ0n) is 18.3. The van der Waals surface area contributed by atoms with Crippen LogP contribution in [0.5, 0.6) is 0 Å². The summed E-state index contributed by atoms with van der Waals surface area (Å²) in [6.45, 7) is 2.44. The van der Waals surface area contributed by atoms with Gasteiger partial charge in [-0.1, -0.05) is 0 Å². The predicted molar refractivity (Wildman–Crippen MR) is 109 cm³/mol. The Labute approximate surface area is 189 Å². The highest BCUT2D eigenvalue weighted by Crippen LogP contribution is 2.23. The number of piperidine rings is 1. The number of likely N-dealkylation sites (tertiary alicyclic amines) is 1. The third-order valence-electron chi connectivity index (χ3n) is 6.01. The Hall–Kier alpha value is -2.27. The molecule has 0 N–H and O–H groups in total. The highest BCUT2D eigenvalue weighted by Gasteiger charge is 2.32. The normalized spacial score (nSPS) is 18.6. The Morgan fingerprint density at radius 3 is 2.24 bits per heavy atom. The summed E-state index contributed by atoms with van der Waals surface area (Å²) < 4.78 is 67.8. The molecule has 33 heavy (non-hydrogen) atoms. The molecule has 2 aliphatic rings. The number of ether oxygens (including phenoxy) is 1. The van der Waals surface area contributed by atoms with Gasteiger partial charge in [0.1, 0.15) is 18.2 Å². The van der Waals surface area contributed by atoms with Gasteiger partial charge >= 0.3 is 6.18 Å². The van der Waals surface area contributed by atoms with E-state index in [2.05, 4.69) is 9.64 Å². The van der Waals surface area contributed by atoms with Crippen LogP contribution in [0.1, 0.15) is 29.6 Å². The number of carbonyl (C=O) groups is 2. The highest BCUT2D eigenvalue weighted by molar-refractivity contribution is 5.94. The summed E-state index contributed by atoms with van der Waals surface area (Å²) in [5, 5.41) is 0. The number of halogens is 5. The molecule has 2 heterocycles. The van der Waals surface area contributed by atoms with Gasteiger partial charge in [-0.2, -0.15) is 13.2 Å². The minimum Gasteiger partial charge on any atom is -0.372 e. The van der Waals surface area contributed by atoms with E-state index < -0.39 is 30.3 Å². The van der Waals surface area contributed by atoms with Crippen LogP contribution in [0, 0.1) is 17.6 Å². The molecule has 0 aromatic heterocycles. The van der Waals surface area contributed by atoms with E-state index in [0.29, 0.717) is 71.1 Å². The molecule has 2 saturated heterocycles. The number of hydrogen-bond acceptors (Lipinski definition) is 4. The van der Waals surface area contributed by atoms with E-state index in [9.17, 15) is 31.5 Å². The number of benzene rings is 1. The summed E-state index contributed by atoms with van der Waals surface area (Å²) in [5.74, 6) is -2.34. The van der Waals surface area contributed by atoms with Gasteiger partial charge in [0.15, 0.2) is 0 Å². The maximum absolute atomic E-state index is 13.9. The first kappa shape index (κ1) is 25.4. The number of rotatable bonds is 7. The van der Waals surface area contributed by atoms with Crippen molar-refractivity contribution in [1.82, 2.24) is 14.7 Å². The number of alkyl halides is 3. The lowest BCUT2D eigenvalue weighted by atomic mass is 9.94. The van der Waals surface area contributed by atoms with E-state index >= 15 is 0 Å². The monoisotopic (exact) mass is 477 g/mol. The SMILES string of the molecule is O=C(c1ccc(F)cc1F)N1CCC(C(=O)N2CCN(CCCOCC(F)(F)F)CC2)CC1. The molecule has 0 unspecified atom stereocenters. The molecule has 0 atom stereocenters. The molecule has 2 amide bonds. The predicted octanol–water partition coefficient (Wildman–Crippen LogP) is 2.93. The Balaban J connectivity index is 1.37. The first-order valence-corrected chi connectivity index (χ1v) is 11.0. The molecular formula is C22H28F5N3O3. The lowest BCUT2D eigenvalue weighted by Gasteiger charge is -2.38. The molecule has 11 heteroatoms. The molecule has 0 spiro atoms. The zero-order chi connectivity index (χ0) is 24.0. The van der Waals surface area contributed by atoms with Crippen LogP contribution in [-0.2, 0) is 9.53 Å². The third-order valence-corrected chi connectivity index (χ3v) is 6.01. The second-order valence-corrected chi connectivity index (χ2v) is 8.38. The summed E-state index contributed by atoms with van der Waals surface area (Å²) in [6, 6.07) is 2.85. The second kappa shape index (κ2) is 11.2. The summed E-state index contributed by atoms with van der Waals surface area (Å²) in [4.78, 5) is 30.8. The van der Waals surface area contributed by atoms with Crippen molar-refractivity contribution in [1.29, 1.82) is 0 Å². The van der Waals surface area contributed by atoms with Gasteiger partial charge in [-0.15, -0.1) is 0 Å². The van der Waals surface area contributed by atoms with Gasteiger partial charge in [0.2, 0.25) is 5.91 Å². The van der Waals surface area contributed by atoms with Gasteiger partial charge < -0.3 is 14.5 Å². The van der Waals surface area contributed by atoms with Crippen LogP contribution in [0.25, 0.3) is 0 Å². The van der Waals surface area contributed by atoms with Crippen LogP contribution in [0.3, 0.4) is 0 Å². The van der Waals surface area contributed by atoms with Gasteiger partial charge in [0, 0.05) is 64.4 Å². The molecule has 2 aliphatic heterocycles. The maximum atomic E-state index is 13.9. The molecular weight excluding hydrogens is 449 g/mol. The molecule has 0 radical (unpaired) electrons. The van der Waals surface area contributed by atoms with Gasteiger partial charge in [-0.05, 0) is 31.4 Å². The minimum atomic E-state index is -4.31. The van der Waals surface area contributed by atoms with Crippen molar-refractivity contribution in [2.45, 2.75) is 25.4 Å². The standard InChI is InChI=1S/C22H28F5N3O3/c23-17-2-3-18(19(24)14-17)21(32)29-7-4-16(5-8-29)20(31)30-11-9-28(10-12-30)6-1-13-33-15-22(25,26)27/h2-3,14,16H,1,4-13,15H2. The quantitative estimate of drug-likeness (QED) is 0.448. The van der Waals surface area contributed by atoms with Crippen molar-refractivity contribution >= 4 is 11.8 Å². The Kier molecular flexibility index (Phi) is 8.63. The summed E-state index contributed by atoms with van der Waals surface area (Å²) in [5.41, 5.74) is -0.180. The zero-order valence-corrected chi connectivity index (χ0v) is 18.3. The van der Waals surface area contributed by atoms with E-state index in [4.69, 9.17) is 0 Å². The number of piperazine rings is 1. The summed E-state index contributed by atoms with van der Waals surface area (Å²) in [7, 11) is 0. The topological polar surface area (TPSA) is 53.1 Å². The molecule has 2 fully saturated rings. The third kappa shape index (κ3) is 7.36. The number of amides is 2. The molecule has 6 nitrogen and oxygen atoms in total. The van der Waals surface area contributed by atoms with Gasteiger partial charge in [0.25, 0.3) is 5.91 Å². The number of hydrogen-bond donors (Lipinski definition) is 0. The number of carbonyl (C=O) groups excluding carboxylic acids is 2. The minimum absolute atomic E-state index is 0.0308. The van der Waals surface area contributed by atoms with E-state index in [1.54, 1.807) is 4.90 Å². The van der Waals surface area contributed by atoms with Crippen LogP contribution in [0.15, 0.2) is 18.2 Å². The molecule has 3 rings (SSSR count). The fourth-order valence-electron chi connectivity index (χ4n) is 4.19. The van der Waals surface area contributed by atoms with Gasteiger partial charge in [-0.25, -0.2) is 8.78 Å². The fraction of sp³-hybridized carbons (Fsp3) is 0.636. The van der Waals surface area contributed by atoms with Crippen molar-refractivity contribution < 1.29 is 36.3 Å². The van der Waals surface area contributed by atoms with Crippen LogP contribution in [0.4, 0.5) is 22.0 Å². The Morgan fingerprint density at radius 1 is 0.970 bits per heavy atom. The van der Waals surface area contributed by atoms with E-state index in [-0.39, 0.29) is 24.0 Å². The summed E-state index contributed by atoms with van der Waals surface area (Å²) in [6.07, 6.45) is -2.87. The number of nitrogens with zero attached hydrogens (tertiary/aromatic N) is 3. The van der Waals surface area contributed by atoms with Crippen molar-refractivity contribution in [2.24, 2.45) is 5.92 Å². The van der Waals surface area contributed by atoms with Crippen molar-refractivity contribution in [3.63, 3.8) is 0 Å². The first-order chi connectivity index (χ1) is 15.6. The fourth-order valence-corrected chi connectivity index (χ4v) is 4.19. The largest absolute Gasteiger partial charge is 0.411 e. The molecule has 184 valence electrons. The molecule has 1 aromatic carbocycles. The van der Waals surface area contributed by atoms with Crippen molar-refractivity contribution in [3.8, 4) is 0 Å². The van der Waals surface area contributed by atoms with E-state index in [1.165, 1.54) is 4.90 Å². The maximum Gasteiger partial charge on any atom is 0.411 e. The van der Waals surface area contributed by atoms with Crippen LogP contribution >= 0.6 is 0 Å².